The SMILES string of the molecule is C=C(c1ccc(-c2ccc(OCC3CCN(CC(C)(C)F)CC3)cn2)cc1)N1CCCC1. The van der Waals surface area contributed by atoms with Crippen molar-refractivity contribution in [3.63, 3.8) is 0 Å². The summed E-state index contributed by atoms with van der Waals surface area (Å²) in [4.78, 5) is 9.20. The maximum Gasteiger partial charge on any atom is 0.137 e. The van der Waals surface area contributed by atoms with E-state index in [2.05, 4.69) is 45.6 Å². The lowest BCUT2D eigenvalue weighted by Crippen LogP contribution is -2.41. The van der Waals surface area contributed by atoms with Crippen LogP contribution in [-0.2, 0) is 0 Å². The predicted octanol–water partition coefficient (Wildman–Crippen LogP) is 5.65. The lowest BCUT2D eigenvalue weighted by atomic mass is 9.97. The van der Waals surface area contributed by atoms with Gasteiger partial charge in [0.2, 0.25) is 0 Å². The van der Waals surface area contributed by atoms with E-state index in [1.807, 2.05) is 18.3 Å². The number of likely N-dealkylation sites (tertiary alicyclic amines) is 2. The zero-order valence-electron chi connectivity index (χ0n) is 19.5. The van der Waals surface area contributed by atoms with E-state index >= 15 is 0 Å². The molecule has 0 N–H and O–H groups in total. The first kappa shape index (κ1) is 22.8. The summed E-state index contributed by atoms with van der Waals surface area (Å²) in [5, 5.41) is 0. The fourth-order valence-corrected chi connectivity index (χ4v) is 4.70. The highest BCUT2D eigenvalue weighted by molar-refractivity contribution is 5.67. The molecule has 0 unspecified atom stereocenters. The van der Waals surface area contributed by atoms with Gasteiger partial charge in [0.15, 0.2) is 0 Å². The molecule has 0 atom stereocenters. The van der Waals surface area contributed by atoms with Crippen molar-refractivity contribution in [2.75, 3.05) is 39.3 Å². The second kappa shape index (κ2) is 10.0. The van der Waals surface area contributed by atoms with E-state index in [0.717, 1.165) is 61.7 Å². The summed E-state index contributed by atoms with van der Waals surface area (Å²) in [6.07, 6.45) is 6.43. The van der Waals surface area contributed by atoms with Crippen LogP contribution in [0.25, 0.3) is 17.0 Å². The van der Waals surface area contributed by atoms with Crippen molar-refractivity contribution in [1.29, 1.82) is 0 Å². The first-order valence-corrected chi connectivity index (χ1v) is 11.9. The van der Waals surface area contributed by atoms with Crippen molar-refractivity contribution in [1.82, 2.24) is 14.8 Å². The maximum absolute atomic E-state index is 13.8. The van der Waals surface area contributed by atoms with Gasteiger partial charge in [0, 0.05) is 30.9 Å². The molecule has 2 aliphatic heterocycles. The minimum absolute atomic E-state index is 0.513. The number of nitrogens with zero attached hydrogens (tertiary/aromatic N) is 3. The molecule has 172 valence electrons. The minimum atomic E-state index is -1.13. The topological polar surface area (TPSA) is 28.6 Å². The van der Waals surface area contributed by atoms with Gasteiger partial charge < -0.3 is 14.5 Å². The Labute approximate surface area is 192 Å². The quantitative estimate of drug-likeness (QED) is 0.533. The number of rotatable bonds is 8. The van der Waals surface area contributed by atoms with E-state index in [0.29, 0.717) is 19.1 Å². The normalized spacial score (nSPS) is 18.2. The van der Waals surface area contributed by atoms with Crippen molar-refractivity contribution in [2.45, 2.75) is 45.2 Å². The number of hydrogen-bond donors (Lipinski definition) is 0. The van der Waals surface area contributed by atoms with Crippen LogP contribution < -0.4 is 4.74 Å². The van der Waals surface area contributed by atoms with Gasteiger partial charge in [-0.3, -0.25) is 4.98 Å². The van der Waals surface area contributed by atoms with Crippen molar-refractivity contribution < 1.29 is 9.13 Å². The third kappa shape index (κ3) is 6.10. The number of benzene rings is 1. The third-order valence-electron chi connectivity index (χ3n) is 6.53. The van der Waals surface area contributed by atoms with Gasteiger partial charge in [-0.1, -0.05) is 30.8 Å². The Bertz CT molecular complexity index is 875. The Hall–Kier alpha value is -2.40. The minimum Gasteiger partial charge on any atom is -0.492 e. The van der Waals surface area contributed by atoms with E-state index in [9.17, 15) is 4.39 Å². The van der Waals surface area contributed by atoms with E-state index < -0.39 is 5.67 Å². The number of aromatic nitrogens is 1. The van der Waals surface area contributed by atoms with Crippen LogP contribution in [0.15, 0.2) is 49.2 Å². The highest BCUT2D eigenvalue weighted by Gasteiger charge is 2.25. The molecule has 0 amide bonds. The van der Waals surface area contributed by atoms with Gasteiger partial charge in [0.1, 0.15) is 11.4 Å². The monoisotopic (exact) mass is 437 g/mol. The first-order chi connectivity index (χ1) is 15.4. The Morgan fingerprint density at radius 1 is 1.06 bits per heavy atom. The van der Waals surface area contributed by atoms with Gasteiger partial charge in [-0.25, -0.2) is 4.39 Å². The summed E-state index contributed by atoms with van der Waals surface area (Å²) in [6, 6.07) is 12.5. The molecule has 0 bridgehead atoms. The first-order valence-electron chi connectivity index (χ1n) is 11.9. The Kier molecular flexibility index (Phi) is 7.14. The number of alkyl halides is 1. The molecule has 2 saturated heterocycles. The van der Waals surface area contributed by atoms with Gasteiger partial charge in [0.05, 0.1) is 18.5 Å². The van der Waals surface area contributed by atoms with Crippen LogP contribution in [-0.4, -0.2) is 59.8 Å². The molecule has 2 aliphatic rings. The standard InChI is InChI=1S/C27H36FN3O/c1-21(31-14-4-5-15-31)23-6-8-24(9-7-23)26-11-10-25(18-29-26)32-19-22-12-16-30(17-13-22)20-27(2,3)28/h6-11,18,22H,1,4-5,12-17,19-20H2,2-3H3. The van der Waals surface area contributed by atoms with E-state index in [4.69, 9.17) is 4.74 Å². The van der Waals surface area contributed by atoms with Crippen LogP contribution in [0.3, 0.4) is 0 Å². The largest absolute Gasteiger partial charge is 0.492 e. The Morgan fingerprint density at radius 2 is 1.75 bits per heavy atom. The molecule has 1 aromatic carbocycles. The average molecular weight is 438 g/mol. The molecule has 2 aromatic rings. The zero-order chi connectivity index (χ0) is 22.6. The van der Waals surface area contributed by atoms with Gasteiger partial charge in [-0.15, -0.1) is 0 Å². The van der Waals surface area contributed by atoms with E-state index in [1.54, 1.807) is 13.8 Å². The van der Waals surface area contributed by atoms with Crippen LogP contribution in [0.2, 0.25) is 0 Å². The molecule has 1 aromatic heterocycles. The van der Waals surface area contributed by atoms with Crippen LogP contribution in [0.5, 0.6) is 5.75 Å². The summed E-state index contributed by atoms with van der Waals surface area (Å²) >= 11 is 0. The maximum atomic E-state index is 13.8. The molecule has 0 radical (unpaired) electrons. The van der Waals surface area contributed by atoms with Crippen LogP contribution >= 0.6 is 0 Å². The molecule has 0 aliphatic carbocycles. The number of halogens is 1. The summed E-state index contributed by atoms with van der Waals surface area (Å²) in [5.41, 5.74) is 3.20. The third-order valence-corrected chi connectivity index (χ3v) is 6.53. The van der Waals surface area contributed by atoms with Crippen molar-refractivity contribution in [3.8, 4) is 17.0 Å². The molecular weight excluding hydrogens is 401 g/mol. The highest BCUT2D eigenvalue weighted by Crippen LogP contribution is 2.26. The molecule has 0 spiro atoms. The molecular formula is C27H36FN3O. The van der Waals surface area contributed by atoms with Crippen LogP contribution in [0.1, 0.15) is 45.1 Å². The van der Waals surface area contributed by atoms with E-state index in [-0.39, 0.29) is 0 Å². The van der Waals surface area contributed by atoms with Gasteiger partial charge in [-0.05, 0) is 76.2 Å². The highest BCUT2D eigenvalue weighted by atomic mass is 19.1. The van der Waals surface area contributed by atoms with Gasteiger partial charge in [0.25, 0.3) is 0 Å². The summed E-state index contributed by atoms with van der Waals surface area (Å²) in [6.45, 7) is 12.9. The molecule has 5 heteroatoms. The number of hydrogen-bond acceptors (Lipinski definition) is 4. The average Bonchev–Trinajstić information content (AvgIpc) is 3.33. The summed E-state index contributed by atoms with van der Waals surface area (Å²) in [5.74, 6) is 1.32. The Balaban J connectivity index is 1.26. The number of ether oxygens (including phenoxy) is 1. The van der Waals surface area contributed by atoms with Crippen LogP contribution in [0, 0.1) is 5.92 Å². The molecule has 4 rings (SSSR count). The molecule has 2 fully saturated rings. The molecule has 3 heterocycles. The van der Waals surface area contributed by atoms with E-state index in [1.165, 1.54) is 18.4 Å². The lowest BCUT2D eigenvalue weighted by molar-refractivity contribution is 0.0836. The fourth-order valence-electron chi connectivity index (χ4n) is 4.70. The second-order valence-electron chi connectivity index (χ2n) is 9.85. The number of pyridine rings is 1. The van der Waals surface area contributed by atoms with Crippen molar-refractivity contribution in [2.24, 2.45) is 5.92 Å². The molecule has 32 heavy (non-hydrogen) atoms. The molecule has 4 nitrogen and oxygen atoms in total. The van der Waals surface area contributed by atoms with Gasteiger partial charge in [-0.2, -0.15) is 0 Å². The van der Waals surface area contributed by atoms with Crippen molar-refractivity contribution in [3.05, 3.63) is 54.7 Å². The second-order valence-corrected chi connectivity index (χ2v) is 9.85. The Morgan fingerprint density at radius 3 is 2.34 bits per heavy atom. The van der Waals surface area contributed by atoms with Crippen molar-refractivity contribution >= 4 is 5.70 Å². The summed E-state index contributed by atoms with van der Waals surface area (Å²) in [7, 11) is 0. The fraction of sp³-hybridized carbons (Fsp3) is 0.519. The van der Waals surface area contributed by atoms with Gasteiger partial charge >= 0.3 is 0 Å². The summed E-state index contributed by atoms with van der Waals surface area (Å²) < 4.78 is 19.8. The number of piperidine rings is 1. The lowest BCUT2D eigenvalue weighted by Gasteiger charge is -2.34. The smallest absolute Gasteiger partial charge is 0.137 e. The van der Waals surface area contributed by atoms with Crippen LogP contribution in [0.4, 0.5) is 4.39 Å². The molecule has 0 saturated carbocycles. The zero-order valence-corrected chi connectivity index (χ0v) is 19.5. The predicted molar refractivity (Wildman–Crippen MR) is 129 cm³/mol.